The molecule has 0 saturated carbocycles. The standard InChI is InChI=1S/C20H30N2O2/c23-15-18(16-7-2-1-3-8-16)21-20(24)12-11-17-9-6-14-22-13-5-4-10-19(17)22/h1-3,7-8,17-19,23H,4-6,9-15H2,(H,21,24)/t17-,18-,19+/m0/s1. The van der Waals surface area contributed by atoms with E-state index in [1.54, 1.807) is 0 Å². The van der Waals surface area contributed by atoms with Crippen molar-refractivity contribution in [3.63, 3.8) is 0 Å². The summed E-state index contributed by atoms with van der Waals surface area (Å²) in [6.07, 6.45) is 8.04. The summed E-state index contributed by atoms with van der Waals surface area (Å²) < 4.78 is 0. The van der Waals surface area contributed by atoms with Crippen molar-refractivity contribution in [2.24, 2.45) is 5.92 Å². The molecule has 132 valence electrons. The lowest BCUT2D eigenvalue weighted by molar-refractivity contribution is -0.122. The Morgan fingerprint density at radius 1 is 1.17 bits per heavy atom. The summed E-state index contributed by atoms with van der Waals surface area (Å²) in [4.78, 5) is 15.0. The lowest BCUT2D eigenvalue weighted by Gasteiger charge is -2.44. The molecule has 2 aliphatic rings. The van der Waals surface area contributed by atoms with Gasteiger partial charge in [0.25, 0.3) is 0 Å². The summed E-state index contributed by atoms with van der Waals surface area (Å²) in [5, 5.41) is 12.6. The van der Waals surface area contributed by atoms with Crippen LogP contribution in [0.4, 0.5) is 0 Å². The van der Waals surface area contributed by atoms with Crippen LogP contribution < -0.4 is 5.32 Å². The van der Waals surface area contributed by atoms with E-state index in [0.717, 1.165) is 12.0 Å². The first-order chi connectivity index (χ1) is 11.8. The van der Waals surface area contributed by atoms with Crippen molar-refractivity contribution in [3.05, 3.63) is 35.9 Å². The normalized spacial score (nSPS) is 25.7. The minimum atomic E-state index is -0.295. The first kappa shape index (κ1) is 17.4. The average Bonchev–Trinajstić information content (AvgIpc) is 2.65. The van der Waals surface area contributed by atoms with Crippen molar-refractivity contribution >= 4 is 5.91 Å². The second-order valence-electron chi connectivity index (χ2n) is 7.25. The number of carbonyl (C=O) groups excluding carboxylic acids is 1. The summed E-state index contributed by atoms with van der Waals surface area (Å²) in [6.45, 7) is 2.43. The van der Waals surface area contributed by atoms with E-state index in [9.17, 15) is 9.90 Å². The van der Waals surface area contributed by atoms with Crippen LogP contribution in [0.3, 0.4) is 0 Å². The molecule has 3 rings (SSSR count). The predicted octanol–water partition coefficient (Wildman–Crippen LogP) is 2.88. The van der Waals surface area contributed by atoms with Crippen LogP contribution in [0.25, 0.3) is 0 Å². The van der Waals surface area contributed by atoms with Crippen LogP contribution in [0.15, 0.2) is 30.3 Å². The molecule has 2 aliphatic heterocycles. The first-order valence-electron chi connectivity index (χ1n) is 9.47. The Kier molecular flexibility index (Phi) is 6.27. The zero-order valence-corrected chi connectivity index (χ0v) is 14.5. The van der Waals surface area contributed by atoms with E-state index in [0.29, 0.717) is 18.4 Å². The van der Waals surface area contributed by atoms with Crippen LogP contribution in [0.1, 0.15) is 56.6 Å². The van der Waals surface area contributed by atoms with Gasteiger partial charge in [-0.1, -0.05) is 36.8 Å². The SMILES string of the molecule is O=C(CC[C@@H]1CCCN2CCCC[C@H]12)N[C@@H](CO)c1ccccc1. The predicted molar refractivity (Wildman–Crippen MR) is 95.6 cm³/mol. The Morgan fingerprint density at radius 2 is 1.96 bits per heavy atom. The number of aliphatic hydroxyl groups excluding tert-OH is 1. The number of piperidine rings is 2. The highest BCUT2D eigenvalue weighted by Gasteiger charge is 2.32. The van der Waals surface area contributed by atoms with Crippen molar-refractivity contribution in [2.45, 2.75) is 57.0 Å². The molecule has 0 aromatic heterocycles. The zero-order chi connectivity index (χ0) is 16.8. The van der Waals surface area contributed by atoms with Crippen LogP contribution in [-0.4, -0.2) is 41.7 Å². The van der Waals surface area contributed by atoms with Gasteiger partial charge >= 0.3 is 0 Å². The minimum Gasteiger partial charge on any atom is -0.394 e. The monoisotopic (exact) mass is 330 g/mol. The van der Waals surface area contributed by atoms with Gasteiger partial charge in [-0.05, 0) is 56.7 Å². The third-order valence-electron chi connectivity index (χ3n) is 5.69. The smallest absolute Gasteiger partial charge is 0.220 e. The molecule has 4 heteroatoms. The molecule has 0 bridgehead atoms. The molecule has 0 aliphatic carbocycles. The average molecular weight is 330 g/mol. The molecule has 2 fully saturated rings. The molecule has 3 atom stereocenters. The molecule has 2 N–H and O–H groups in total. The molecule has 1 aromatic carbocycles. The molecular formula is C20H30N2O2. The van der Waals surface area contributed by atoms with Gasteiger partial charge in [-0.15, -0.1) is 0 Å². The quantitative estimate of drug-likeness (QED) is 0.843. The molecule has 1 aromatic rings. The van der Waals surface area contributed by atoms with E-state index >= 15 is 0 Å². The number of amides is 1. The molecule has 4 nitrogen and oxygen atoms in total. The number of nitrogens with one attached hydrogen (secondary N) is 1. The van der Waals surface area contributed by atoms with Gasteiger partial charge < -0.3 is 15.3 Å². The van der Waals surface area contributed by atoms with Crippen LogP contribution >= 0.6 is 0 Å². The second kappa shape index (κ2) is 8.63. The third-order valence-corrected chi connectivity index (χ3v) is 5.69. The van der Waals surface area contributed by atoms with Crippen molar-refractivity contribution in [2.75, 3.05) is 19.7 Å². The Bertz CT molecular complexity index is 518. The molecule has 24 heavy (non-hydrogen) atoms. The van der Waals surface area contributed by atoms with Crippen LogP contribution in [-0.2, 0) is 4.79 Å². The highest BCUT2D eigenvalue weighted by atomic mass is 16.3. The van der Waals surface area contributed by atoms with Gasteiger partial charge in [0.1, 0.15) is 0 Å². The highest BCUT2D eigenvalue weighted by molar-refractivity contribution is 5.76. The van der Waals surface area contributed by atoms with E-state index in [1.807, 2.05) is 30.3 Å². The number of nitrogens with zero attached hydrogens (tertiary/aromatic N) is 1. The summed E-state index contributed by atoms with van der Waals surface area (Å²) >= 11 is 0. The van der Waals surface area contributed by atoms with E-state index < -0.39 is 0 Å². The van der Waals surface area contributed by atoms with Crippen molar-refractivity contribution < 1.29 is 9.90 Å². The largest absolute Gasteiger partial charge is 0.394 e. The molecular weight excluding hydrogens is 300 g/mol. The lowest BCUT2D eigenvalue weighted by atomic mass is 9.81. The molecule has 2 heterocycles. The minimum absolute atomic E-state index is 0.0599. The van der Waals surface area contributed by atoms with Crippen molar-refractivity contribution in [1.82, 2.24) is 10.2 Å². The maximum absolute atomic E-state index is 12.4. The number of fused-ring (bicyclic) bond motifs is 1. The van der Waals surface area contributed by atoms with Gasteiger partial charge in [-0.3, -0.25) is 4.79 Å². The molecule has 0 spiro atoms. The highest BCUT2D eigenvalue weighted by Crippen LogP contribution is 2.33. The molecule has 1 amide bonds. The van der Waals surface area contributed by atoms with E-state index in [2.05, 4.69) is 10.2 Å². The number of aliphatic hydroxyl groups is 1. The Morgan fingerprint density at radius 3 is 2.75 bits per heavy atom. The topological polar surface area (TPSA) is 52.6 Å². The fourth-order valence-corrected chi connectivity index (χ4v) is 4.42. The molecule has 0 unspecified atom stereocenters. The first-order valence-corrected chi connectivity index (χ1v) is 9.47. The summed E-state index contributed by atoms with van der Waals surface area (Å²) in [5.74, 6) is 0.722. The van der Waals surface area contributed by atoms with Gasteiger partial charge in [0, 0.05) is 12.5 Å². The third kappa shape index (κ3) is 4.37. The van der Waals surface area contributed by atoms with Gasteiger partial charge in [0.15, 0.2) is 0 Å². The zero-order valence-electron chi connectivity index (χ0n) is 14.5. The maximum Gasteiger partial charge on any atom is 0.220 e. The van der Waals surface area contributed by atoms with Crippen LogP contribution in [0.2, 0.25) is 0 Å². The Labute approximate surface area is 145 Å². The van der Waals surface area contributed by atoms with Gasteiger partial charge in [-0.2, -0.15) is 0 Å². The Balaban J connectivity index is 1.49. The molecule has 2 saturated heterocycles. The van der Waals surface area contributed by atoms with Crippen LogP contribution in [0, 0.1) is 5.92 Å². The van der Waals surface area contributed by atoms with Gasteiger partial charge in [0.2, 0.25) is 5.91 Å². The van der Waals surface area contributed by atoms with E-state index in [4.69, 9.17) is 0 Å². The number of hydrogen-bond acceptors (Lipinski definition) is 3. The number of benzene rings is 1. The number of rotatable bonds is 6. The van der Waals surface area contributed by atoms with Crippen LogP contribution in [0.5, 0.6) is 0 Å². The maximum atomic E-state index is 12.4. The van der Waals surface area contributed by atoms with E-state index in [-0.39, 0.29) is 18.6 Å². The Hall–Kier alpha value is -1.39. The number of hydrogen-bond donors (Lipinski definition) is 2. The second-order valence-corrected chi connectivity index (χ2v) is 7.25. The lowest BCUT2D eigenvalue weighted by Crippen LogP contribution is -2.48. The van der Waals surface area contributed by atoms with E-state index in [1.165, 1.54) is 45.2 Å². The number of carbonyl (C=O) groups is 1. The fraction of sp³-hybridized carbons (Fsp3) is 0.650. The fourth-order valence-electron chi connectivity index (χ4n) is 4.42. The van der Waals surface area contributed by atoms with Gasteiger partial charge in [0.05, 0.1) is 12.6 Å². The summed E-state index contributed by atoms with van der Waals surface area (Å²) in [6, 6.07) is 10.1. The summed E-state index contributed by atoms with van der Waals surface area (Å²) in [5.41, 5.74) is 0.962. The molecule has 0 radical (unpaired) electrons. The van der Waals surface area contributed by atoms with Crippen molar-refractivity contribution in [1.29, 1.82) is 0 Å². The summed E-state index contributed by atoms with van der Waals surface area (Å²) in [7, 11) is 0. The van der Waals surface area contributed by atoms with Gasteiger partial charge in [-0.25, -0.2) is 0 Å². The van der Waals surface area contributed by atoms with Crippen molar-refractivity contribution in [3.8, 4) is 0 Å².